The molecule has 0 amide bonds. The van der Waals surface area contributed by atoms with Crippen molar-refractivity contribution in [3.8, 4) is 0 Å². The van der Waals surface area contributed by atoms with Crippen molar-refractivity contribution < 1.29 is 26.3 Å². The zero-order chi connectivity index (χ0) is 14.1. The summed E-state index contributed by atoms with van der Waals surface area (Å²) in [6.45, 7) is 0. The van der Waals surface area contributed by atoms with Crippen LogP contribution in [0, 0.1) is 0 Å². The van der Waals surface area contributed by atoms with Gasteiger partial charge in [0.05, 0.1) is 6.42 Å². The van der Waals surface area contributed by atoms with Crippen LogP contribution in [0.5, 0.6) is 0 Å². The SMILES string of the molecule is Nc1nnnc(N)c1C(F)(F)C(F)CC(F)(F)F. The van der Waals surface area contributed by atoms with Crippen LogP contribution in [0.15, 0.2) is 0 Å². The number of nitrogens with zero attached hydrogens (tertiary/aromatic N) is 3. The molecule has 0 bridgehead atoms. The molecule has 0 aliphatic heterocycles. The first-order chi connectivity index (χ1) is 8.05. The van der Waals surface area contributed by atoms with Crippen molar-refractivity contribution in [1.82, 2.24) is 15.4 Å². The molecule has 0 spiro atoms. The second-order valence-electron chi connectivity index (χ2n) is 3.34. The zero-order valence-electron chi connectivity index (χ0n) is 8.55. The molecule has 1 rings (SSSR count). The van der Waals surface area contributed by atoms with Crippen LogP contribution in [0.1, 0.15) is 12.0 Å². The fraction of sp³-hybridized carbons (Fsp3) is 0.571. The largest absolute Gasteiger partial charge is 0.392 e. The van der Waals surface area contributed by atoms with Gasteiger partial charge in [0.2, 0.25) is 0 Å². The number of alkyl halides is 6. The van der Waals surface area contributed by atoms with Crippen LogP contribution in [0.3, 0.4) is 0 Å². The van der Waals surface area contributed by atoms with Crippen molar-refractivity contribution in [2.75, 3.05) is 11.5 Å². The summed E-state index contributed by atoms with van der Waals surface area (Å²) >= 11 is 0. The van der Waals surface area contributed by atoms with E-state index in [1.807, 2.05) is 0 Å². The Morgan fingerprint density at radius 1 is 1.00 bits per heavy atom. The number of nitrogens with two attached hydrogens (primary N) is 2. The van der Waals surface area contributed by atoms with Gasteiger partial charge in [0.15, 0.2) is 17.8 Å². The Bertz CT molecular complexity index is 413. The van der Waals surface area contributed by atoms with E-state index in [1.54, 1.807) is 0 Å². The molecule has 0 aromatic carbocycles. The van der Waals surface area contributed by atoms with Gasteiger partial charge in [0.25, 0.3) is 0 Å². The van der Waals surface area contributed by atoms with E-state index in [-0.39, 0.29) is 0 Å². The van der Waals surface area contributed by atoms with E-state index >= 15 is 0 Å². The average Bonchev–Trinajstić information content (AvgIpc) is 2.13. The van der Waals surface area contributed by atoms with Gasteiger partial charge in [-0.25, -0.2) is 4.39 Å². The topological polar surface area (TPSA) is 90.7 Å². The highest BCUT2D eigenvalue weighted by Gasteiger charge is 2.50. The van der Waals surface area contributed by atoms with E-state index in [2.05, 4.69) is 15.4 Å². The van der Waals surface area contributed by atoms with Gasteiger partial charge in [-0.1, -0.05) is 0 Å². The van der Waals surface area contributed by atoms with Gasteiger partial charge in [-0.05, 0) is 5.21 Å². The van der Waals surface area contributed by atoms with Crippen molar-refractivity contribution in [2.24, 2.45) is 0 Å². The van der Waals surface area contributed by atoms with E-state index in [4.69, 9.17) is 11.5 Å². The maximum Gasteiger partial charge on any atom is 0.392 e. The van der Waals surface area contributed by atoms with Crippen molar-refractivity contribution >= 4 is 11.6 Å². The molecule has 102 valence electrons. The van der Waals surface area contributed by atoms with Gasteiger partial charge in [-0.15, -0.1) is 10.2 Å². The molecule has 4 N–H and O–H groups in total. The molecule has 1 aromatic heterocycles. The molecule has 0 radical (unpaired) electrons. The summed E-state index contributed by atoms with van der Waals surface area (Å²) in [5.41, 5.74) is 8.58. The lowest BCUT2D eigenvalue weighted by atomic mass is 10.0. The van der Waals surface area contributed by atoms with Crippen LogP contribution in [0.4, 0.5) is 38.0 Å². The minimum absolute atomic E-state index is 0.975. The minimum Gasteiger partial charge on any atom is -0.382 e. The third-order valence-electron chi connectivity index (χ3n) is 1.95. The van der Waals surface area contributed by atoms with Gasteiger partial charge in [0, 0.05) is 0 Å². The molecule has 1 aromatic rings. The Morgan fingerprint density at radius 2 is 1.44 bits per heavy atom. The lowest BCUT2D eigenvalue weighted by Crippen LogP contribution is -2.34. The van der Waals surface area contributed by atoms with E-state index < -0.39 is 41.9 Å². The summed E-state index contributed by atoms with van der Waals surface area (Å²) in [4.78, 5) is 0. The second kappa shape index (κ2) is 4.46. The Morgan fingerprint density at radius 3 is 1.83 bits per heavy atom. The third kappa shape index (κ3) is 2.90. The number of halogens is 6. The first-order valence-electron chi connectivity index (χ1n) is 4.39. The number of hydrogen-bond donors (Lipinski definition) is 2. The van der Waals surface area contributed by atoms with Crippen LogP contribution < -0.4 is 11.5 Å². The van der Waals surface area contributed by atoms with Gasteiger partial charge >= 0.3 is 12.1 Å². The van der Waals surface area contributed by atoms with Crippen LogP contribution in [-0.2, 0) is 5.92 Å². The van der Waals surface area contributed by atoms with Crippen LogP contribution in [0.2, 0.25) is 0 Å². The lowest BCUT2D eigenvalue weighted by Gasteiger charge is -2.22. The average molecular weight is 275 g/mol. The molecule has 11 heteroatoms. The molecule has 0 aliphatic carbocycles. The number of rotatable bonds is 3. The molecule has 0 saturated carbocycles. The van der Waals surface area contributed by atoms with Crippen LogP contribution in [0.25, 0.3) is 0 Å². The first-order valence-corrected chi connectivity index (χ1v) is 4.39. The molecular formula is C7H7F6N5. The Hall–Kier alpha value is -1.81. The predicted octanol–water partition coefficient (Wildman–Crippen LogP) is 1.42. The standard InChI is InChI=1S/C7H7F6N5/c8-2(1-6(9,10)11)7(12,13)3-4(14)16-18-17-5(3)15/h2H,1H2,(H4,14,15,16,17). The fourth-order valence-electron chi connectivity index (χ4n) is 1.18. The number of anilines is 2. The third-order valence-corrected chi connectivity index (χ3v) is 1.95. The second-order valence-corrected chi connectivity index (χ2v) is 3.34. The van der Waals surface area contributed by atoms with Crippen molar-refractivity contribution in [1.29, 1.82) is 0 Å². The molecule has 1 heterocycles. The molecule has 0 fully saturated rings. The van der Waals surface area contributed by atoms with Crippen molar-refractivity contribution in [3.63, 3.8) is 0 Å². The van der Waals surface area contributed by atoms with E-state index in [9.17, 15) is 26.3 Å². The van der Waals surface area contributed by atoms with Gasteiger partial charge in [-0.2, -0.15) is 22.0 Å². The summed E-state index contributed by atoms with van der Waals surface area (Å²) in [7, 11) is 0. The summed E-state index contributed by atoms with van der Waals surface area (Å²) in [6.07, 6.45) is -11.0. The highest BCUT2D eigenvalue weighted by atomic mass is 19.4. The minimum atomic E-state index is -5.10. The number of hydrogen-bond acceptors (Lipinski definition) is 5. The normalized spacial score (nSPS) is 14.6. The molecule has 18 heavy (non-hydrogen) atoms. The van der Waals surface area contributed by atoms with Crippen LogP contribution >= 0.6 is 0 Å². The molecule has 0 aliphatic rings. The Balaban J connectivity index is 3.13. The van der Waals surface area contributed by atoms with Gasteiger partial charge in [-0.3, -0.25) is 0 Å². The van der Waals surface area contributed by atoms with Gasteiger partial charge in [0.1, 0.15) is 5.56 Å². The zero-order valence-corrected chi connectivity index (χ0v) is 8.55. The van der Waals surface area contributed by atoms with Crippen molar-refractivity contribution in [3.05, 3.63) is 5.56 Å². The van der Waals surface area contributed by atoms with Gasteiger partial charge < -0.3 is 11.5 Å². The molecule has 5 nitrogen and oxygen atoms in total. The highest BCUT2D eigenvalue weighted by molar-refractivity contribution is 5.54. The predicted molar refractivity (Wildman–Crippen MR) is 48.1 cm³/mol. The monoisotopic (exact) mass is 275 g/mol. The highest BCUT2D eigenvalue weighted by Crippen LogP contribution is 2.42. The fourth-order valence-corrected chi connectivity index (χ4v) is 1.18. The number of aromatic nitrogens is 3. The Labute approximate surface area is 96.2 Å². The summed E-state index contributed by atoms with van der Waals surface area (Å²) in [5, 5.41) is 8.65. The van der Waals surface area contributed by atoms with E-state index in [1.165, 1.54) is 0 Å². The smallest absolute Gasteiger partial charge is 0.382 e. The molecule has 1 unspecified atom stereocenters. The maximum atomic E-state index is 13.5. The van der Waals surface area contributed by atoms with E-state index in [0.717, 1.165) is 0 Å². The number of nitrogen functional groups attached to an aromatic ring is 2. The first kappa shape index (κ1) is 14.3. The molecular weight excluding hydrogens is 268 g/mol. The summed E-state index contributed by atoms with van der Waals surface area (Å²) < 4.78 is 75.6. The molecule has 1 atom stereocenters. The summed E-state index contributed by atoms with van der Waals surface area (Å²) in [6, 6.07) is 0. The lowest BCUT2D eigenvalue weighted by molar-refractivity contribution is -0.179. The maximum absolute atomic E-state index is 13.5. The van der Waals surface area contributed by atoms with Crippen molar-refractivity contribution in [2.45, 2.75) is 24.7 Å². The van der Waals surface area contributed by atoms with Crippen LogP contribution in [-0.4, -0.2) is 27.8 Å². The summed E-state index contributed by atoms with van der Waals surface area (Å²) in [5.74, 6) is -6.51. The quantitative estimate of drug-likeness (QED) is 0.814. The Kier molecular flexibility index (Phi) is 3.53. The molecule has 0 saturated heterocycles. The van der Waals surface area contributed by atoms with E-state index in [0.29, 0.717) is 0 Å².